The Labute approximate surface area is 205 Å². The average Bonchev–Trinajstić information content (AvgIpc) is 3.56. The van der Waals surface area contributed by atoms with Crippen LogP contribution in [0.25, 0.3) is 5.65 Å². The van der Waals surface area contributed by atoms with Crippen molar-refractivity contribution in [3.05, 3.63) is 41.5 Å². The molecule has 11 heteroatoms. The molecule has 4 heterocycles. The second-order valence-corrected chi connectivity index (χ2v) is 8.65. The van der Waals surface area contributed by atoms with Crippen LogP contribution in [-0.2, 0) is 17.8 Å². The van der Waals surface area contributed by atoms with Gasteiger partial charge in [-0.1, -0.05) is 19.4 Å². The highest BCUT2D eigenvalue weighted by atomic mass is 16.5. The molecular weight excluding hydrogens is 446 g/mol. The van der Waals surface area contributed by atoms with E-state index in [2.05, 4.69) is 48.7 Å². The number of aliphatic hydroxyl groups excluding tert-OH is 1. The van der Waals surface area contributed by atoms with E-state index in [9.17, 15) is 5.11 Å². The van der Waals surface area contributed by atoms with Gasteiger partial charge in [-0.3, -0.25) is 4.99 Å². The Kier molecular flexibility index (Phi) is 8.45. The smallest absolute Gasteiger partial charge is 0.222 e. The van der Waals surface area contributed by atoms with Crippen molar-refractivity contribution < 1.29 is 9.84 Å². The maximum absolute atomic E-state index is 9.47. The SMILES string of the molecule is CCCCN(CCO)c1nc(N)nc(C=NCc2ccc(CN[C@@H]3CCOC3)n3ccnc23)c1N. The molecule has 4 rings (SSSR count). The van der Waals surface area contributed by atoms with Gasteiger partial charge in [0, 0.05) is 62.1 Å². The molecule has 0 unspecified atom stereocenters. The number of aliphatic imine (C=N–C) groups is 1. The third kappa shape index (κ3) is 6.05. The number of nitrogens with two attached hydrogens (primary N) is 2. The van der Waals surface area contributed by atoms with Crippen molar-refractivity contribution in [1.82, 2.24) is 24.7 Å². The molecule has 188 valence electrons. The molecule has 0 saturated carbocycles. The van der Waals surface area contributed by atoms with E-state index in [1.165, 1.54) is 0 Å². The van der Waals surface area contributed by atoms with Gasteiger partial charge < -0.3 is 35.9 Å². The zero-order chi connectivity index (χ0) is 24.6. The van der Waals surface area contributed by atoms with E-state index in [1.54, 1.807) is 12.4 Å². The summed E-state index contributed by atoms with van der Waals surface area (Å²) < 4.78 is 7.53. The minimum Gasteiger partial charge on any atom is -0.395 e. The maximum Gasteiger partial charge on any atom is 0.222 e. The molecule has 1 aliphatic heterocycles. The Bertz CT molecular complexity index is 1140. The van der Waals surface area contributed by atoms with Gasteiger partial charge in [0.15, 0.2) is 5.82 Å². The van der Waals surface area contributed by atoms with Crippen LogP contribution in [0.4, 0.5) is 17.5 Å². The molecule has 0 aliphatic carbocycles. The van der Waals surface area contributed by atoms with Crippen LogP contribution >= 0.6 is 0 Å². The van der Waals surface area contributed by atoms with E-state index in [0.29, 0.717) is 36.3 Å². The van der Waals surface area contributed by atoms with E-state index in [4.69, 9.17) is 16.2 Å². The maximum atomic E-state index is 9.47. The number of pyridine rings is 1. The lowest BCUT2D eigenvalue weighted by Crippen LogP contribution is -2.30. The predicted octanol–water partition coefficient (Wildman–Crippen LogP) is 1.39. The van der Waals surface area contributed by atoms with Gasteiger partial charge in [0.2, 0.25) is 5.95 Å². The van der Waals surface area contributed by atoms with Crippen molar-refractivity contribution in [1.29, 1.82) is 0 Å². The van der Waals surface area contributed by atoms with Crippen LogP contribution in [0.15, 0.2) is 29.5 Å². The molecule has 1 saturated heterocycles. The third-order valence-electron chi connectivity index (χ3n) is 6.11. The molecule has 0 amide bonds. The van der Waals surface area contributed by atoms with Crippen LogP contribution in [0.1, 0.15) is 43.1 Å². The van der Waals surface area contributed by atoms with Crippen molar-refractivity contribution in [3.63, 3.8) is 0 Å². The van der Waals surface area contributed by atoms with E-state index >= 15 is 0 Å². The van der Waals surface area contributed by atoms with E-state index in [-0.39, 0.29) is 12.6 Å². The van der Waals surface area contributed by atoms with Crippen molar-refractivity contribution >= 4 is 29.3 Å². The minimum absolute atomic E-state index is 0.00323. The first-order chi connectivity index (χ1) is 17.1. The topological polar surface area (TPSA) is 152 Å². The summed E-state index contributed by atoms with van der Waals surface area (Å²) in [5.74, 6) is 0.650. The van der Waals surface area contributed by atoms with Crippen molar-refractivity contribution in [2.75, 3.05) is 49.3 Å². The lowest BCUT2D eigenvalue weighted by Gasteiger charge is -2.24. The number of hydrogen-bond acceptors (Lipinski definition) is 10. The van der Waals surface area contributed by atoms with Gasteiger partial charge in [0.1, 0.15) is 17.0 Å². The van der Waals surface area contributed by atoms with Crippen LogP contribution in [-0.4, -0.2) is 69.6 Å². The molecule has 11 nitrogen and oxygen atoms in total. The summed E-state index contributed by atoms with van der Waals surface area (Å²) >= 11 is 0. The largest absolute Gasteiger partial charge is 0.395 e. The standard InChI is InChI=1S/C24H35N9O2/c1-2-3-8-32(10-11-34)23-21(25)20(30-24(26)31-23)15-27-13-17-4-5-19(33-9-7-28-22(17)33)14-29-18-6-12-35-16-18/h4-5,7,9,15,18,29,34H,2-3,6,8,10-14,16,25H2,1H3,(H2,26,30,31)/t18-/m1/s1. The van der Waals surface area contributed by atoms with E-state index < -0.39 is 0 Å². The van der Waals surface area contributed by atoms with E-state index in [0.717, 1.165) is 62.5 Å². The van der Waals surface area contributed by atoms with Crippen LogP contribution in [0.5, 0.6) is 0 Å². The molecule has 0 aromatic carbocycles. The first kappa shape index (κ1) is 24.8. The quantitative estimate of drug-likeness (QED) is 0.281. The number of unbranched alkanes of at least 4 members (excludes halogenated alkanes) is 1. The zero-order valence-corrected chi connectivity index (χ0v) is 20.2. The first-order valence-corrected chi connectivity index (χ1v) is 12.1. The fourth-order valence-electron chi connectivity index (χ4n) is 4.19. The Hall–Kier alpha value is -3.28. The summed E-state index contributed by atoms with van der Waals surface area (Å²) in [7, 11) is 0. The number of anilines is 3. The second kappa shape index (κ2) is 11.9. The summed E-state index contributed by atoms with van der Waals surface area (Å²) in [5.41, 5.74) is 16.2. The number of nitrogens with zero attached hydrogens (tertiary/aromatic N) is 6. The van der Waals surface area contributed by atoms with Crippen LogP contribution in [0.3, 0.4) is 0 Å². The van der Waals surface area contributed by atoms with Crippen molar-refractivity contribution in [2.45, 2.75) is 45.3 Å². The molecule has 6 N–H and O–H groups in total. The van der Waals surface area contributed by atoms with Crippen LogP contribution in [0, 0.1) is 0 Å². The summed E-state index contributed by atoms with van der Waals surface area (Å²) in [6.07, 6.45) is 8.39. The van der Waals surface area contributed by atoms with Gasteiger partial charge in [-0.25, -0.2) is 9.97 Å². The lowest BCUT2D eigenvalue weighted by atomic mass is 10.2. The van der Waals surface area contributed by atoms with Gasteiger partial charge >= 0.3 is 0 Å². The van der Waals surface area contributed by atoms with Gasteiger partial charge in [-0.15, -0.1) is 0 Å². The summed E-state index contributed by atoms with van der Waals surface area (Å²) in [4.78, 5) is 19.7. The molecule has 3 aromatic rings. The predicted molar refractivity (Wildman–Crippen MR) is 138 cm³/mol. The van der Waals surface area contributed by atoms with Gasteiger partial charge in [0.25, 0.3) is 0 Å². The minimum atomic E-state index is -0.00323. The van der Waals surface area contributed by atoms with Crippen LogP contribution < -0.4 is 21.7 Å². The molecule has 0 radical (unpaired) electrons. The highest BCUT2D eigenvalue weighted by Crippen LogP contribution is 2.24. The highest BCUT2D eigenvalue weighted by molar-refractivity contribution is 5.89. The average molecular weight is 482 g/mol. The van der Waals surface area contributed by atoms with E-state index in [1.807, 2.05) is 11.1 Å². The number of rotatable bonds is 12. The summed E-state index contributed by atoms with van der Waals surface area (Å²) in [5, 5.41) is 13.0. The first-order valence-electron chi connectivity index (χ1n) is 12.1. The molecule has 1 atom stereocenters. The third-order valence-corrected chi connectivity index (χ3v) is 6.11. The number of nitrogen functional groups attached to an aromatic ring is 2. The van der Waals surface area contributed by atoms with Gasteiger partial charge in [-0.05, 0) is 18.9 Å². The molecule has 1 aliphatic rings. The van der Waals surface area contributed by atoms with Crippen molar-refractivity contribution in [2.24, 2.45) is 4.99 Å². The molecule has 35 heavy (non-hydrogen) atoms. The molecule has 0 bridgehead atoms. The fraction of sp³-hybridized carbons (Fsp3) is 0.500. The Morgan fingerprint density at radius 1 is 1.31 bits per heavy atom. The second-order valence-electron chi connectivity index (χ2n) is 8.65. The molecule has 0 spiro atoms. The summed E-state index contributed by atoms with van der Waals surface area (Å²) in [6.45, 7) is 5.98. The number of nitrogens with one attached hydrogen (secondary N) is 1. The number of aliphatic hydroxyl groups is 1. The number of ether oxygens (including phenoxy) is 1. The number of aromatic nitrogens is 4. The van der Waals surface area contributed by atoms with Gasteiger partial charge in [-0.2, -0.15) is 4.98 Å². The van der Waals surface area contributed by atoms with Crippen LogP contribution in [0.2, 0.25) is 0 Å². The fourth-order valence-corrected chi connectivity index (χ4v) is 4.19. The lowest BCUT2D eigenvalue weighted by molar-refractivity contribution is 0.189. The number of hydrogen-bond donors (Lipinski definition) is 4. The Morgan fingerprint density at radius 2 is 2.20 bits per heavy atom. The number of fused-ring (bicyclic) bond motifs is 1. The Balaban J connectivity index is 1.50. The monoisotopic (exact) mass is 481 g/mol. The zero-order valence-electron chi connectivity index (χ0n) is 20.2. The Morgan fingerprint density at radius 3 is 2.97 bits per heavy atom. The molecular formula is C24H35N9O2. The number of imidazole rings is 1. The molecule has 3 aromatic heterocycles. The summed E-state index contributed by atoms with van der Waals surface area (Å²) in [6, 6.07) is 4.54. The highest BCUT2D eigenvalue weighted by Gasteiger charge is 2.17. The normalized spacial score (nSPS) is 16.0. The van der Waals surface area contributed by atoms with Gasteiger partial charge in [0.05, 0.1) is 19.8 Å². The molecule has 1 fully saturated rings. The van der Waals surface area contributed by atoms with Crippen molar-refractivity contribution in [3.8, 4) is 0 Å².